The molecule has 0 spiro atoms. The van der Waals surface area contributed by atoms with Gasteiger partial charge in [-0.25, -0.2) is 18.6 Å². The highest BCUT2D eigenvalue weighted by Gasteiger charge is 2.24. The van der Waals surface area contributed by atoms with Crippen LogP contribution in [0, 0.1) is 18.6 Å². The summed E-state index contributed by atoms with van der Waals surface area (Å²) >= 11 is 0. The molecule has 0 fully saturated rings. The Morgan fingerprint density at radius 2 is 1.28 bits per heavy atom. The minimum Gasteiger partial charge on any atom is -0.480 e. The summed E-state index contributed by atoms with van der Waals surface area (Å²) in [5, 5.41) is 17.3. The highest BCUT2D eigenvalue weighted by Crippen LogP contribution is 2.16. The van der Waals surface area contributed by atoms with Gasteiger partial charge in [0.15, 0.2) is 11.2 Å². The number of likely N-dealkylation sites (N-methyl/N-ethyl adjacent to an activating group) is 2. The van der Waals surface area contributed by atoms with Crippen molar-refractivity contribution >= 4 is 64.3 Å². The van der Waals surface area contributed by atoms with Crippen molar-refractivity contribution in [3.8, 4) is 0 Å². The van der Waals surface area contributed by atoms with Crippen LogP contribution in [0.3, 0.4) is 0 Å². The number of aryl methyl sites for hydroxylation is 1. The molecule has 0 aliphatic rings. The quantitative estimate of drug-likeness (QED) is 0.0314. The summed E-state index contributed by atoms with van der Waals surface area (Å²) in [4.78, 5) is 136. The van der Waals surface area contributed by atoms with Crippen molar-refractivity contribution in [1.82, 2.24) is 69.5 Å². The van der Waals surface area contributed by atoms with Gasteiger partial charge in [-0.15, -0.1) is 0 Å². The maximum absolute atomic E-state index is 14.8. The second kappa shape index (κ2) is 25.3. The van der Waals surface area contributed by atoms with Crippen LogP contribution in [0.4, 0.5) is 20.5 Å². The number of carbonyl (C=O) groups is 7. The molecule has 28 heteroatoms. The first-order chi connectivity index (χ1) is 32.6. The first kappa shape index (κ1) is 53.7. The summed E-state index contributed by atoms with van der Waals surface area (Å²) in [5.41, 5.74) is 9.44. The minimum absolute atomic E-state index is 0.0309. The lowest BCUT2D eigenvalue weighted by Gasteiger charge is -2.25. The van der Waals surface area contributed by atoms with Crippen molar-refractivity contribution in [3.63, 3.8) is 0 Å². The number of imidazole rings is 1. The molecule has 4 aromatic rings. The summed E-state index contributed by atoms with van der Waals surface area (Å²) < 4.78 is 31.0. The van der Waals surface area contributed by atoms with Gasteiger partial charge in [0.05, 0.1) is 32.4 Å². The average molecular weight is 971 g/mol. The van der Waals surface area contributed by atoms with Crippen LogP contribution in [0.5, 0.6) is 0 Å². The number of halogens is 2. The lowest BCUT2D eigenvalue weighted by atomic mass is 10.1. The Kier molecular flexibility index (Phi) is 19.7. The van der Waals surface area contributed by atoms with Crippen molar-refractivity contribution in [3.05, 3.63) is 74.3 Å². The highest BCUT2D eigenvalue weighted by atomic mass is 19.1. The SMILES string of the molecule is Cc1cc(CC(=O)N(CCNC(=O)CN(CCNC(=O)CN(C)CCN(C)C)C(=O)Cn2ccc(N)nc2=O)CC(=O)NCCN(CC(=O)O)C(=O)Cn2cnc3c(=O)[nH]c(N)nc32)c(F)cc1F. The number of rotatable bonds is 26. The fraction of sp³-hybridized carbons (Fsp3) is 0.463. The summed E-state index contributed by atoms with van der Waals surface area (Å²) in [5.74, 6) is -7.70. The third kappa shape index (κ3) is 17.1. The molecule has 9 N–H and O–H groups in total. The van der Waals surface area contributed by atoms with E-state index in [2.05, 4.69) is 35.9 Å². The van der Waals surface area contributed by atoms with Crippen molar-refractivity contribution < 1.29 is 47.4 Å². The van der Waals surface area contributed by atoms with Crippen LogP contribution in [0.25, 0.3) is 11.2 Å². The van der Waals surface area contributed by atoms with Gasteiger partial charge in [0.1, 0.15) is 37.1 Å². The third-order valence-electron chi connectivity index (χ3n) is 10.2. The van der Waals surface area contributed by atoms with Gasteiger partial charge in [0.2, 0.25) is 41.4 Å². The molecule has 0 saturated carbocycles. The van der Waals surface area contributed by atoms with Gasteiger partial charge in [0, 0.05) is 64.6 Å². The summed E-state index contributed by atoms with van der Waals surface area (Å²) in [6.07, 6.45) is 1.78. The zero-order valence-electron chi connectivity index (χ0n) is 38.5. The molecule has 0 aliphatic heterocycles. The molecular weight excluding hydrogens is 915 g/mol. The molecule has 0 unspecified atom stereocenters. The van der Waals surface area contributed by atoms with Crippen LogP contribution in [0.15, 0.2) is 40.3 Å². The third-order valence-corrected chi connectivity index (χ3v) is 10.2. The van der Waals surface area contributed by atoms with Crippen molar-refractivity contribution in [2.24, 2.45) is 0 Å². The van der Waals surface area contributed by atoms with Gasteiger partial charge in [-0.05, 0) is 51.3 Å². The zero-order valence-corrected chi connectivity index (χ0v) is 38.5. The first-order valence-corrected chi connectivity index (χ1v) is 21.3. The number of hydrogen-bond donors (Lipinski definition) is 7. The van der Waals surface area contributed by atoms with Crippen molar-refractivity contribution in [1.29, 1.82) is 0 Å². The number of aromatic amines is 1. The Labute approximate surface area is 392 Å². The molecule has 3 aromatic heterocycles. The molecule has 0 radical (unpaired) electrons. The molecule has 26 nitrogen and oxygen atoms in total. The lowest BCUT2D eigenvalue weighted by molar-refractivity contribution is -0.144. The van der Waals surface area contributed by atoms with E-state index >= 15 is 0 Å². The Hall–Kier alpha value is -7.88. The number of aromatic nitrogens is 6. The Balaban J connectivity index is 1.42. The number of benzene rings is 1. The number of fused-ring (bicyclic) bond motifs is 1. The molecule has 69 heavy (non-hydrogen) atoms. The average Bonchev–Trinajstić information content (AvgIpc) is 3.66. The van der Waals surface area contributed by atoms with Crippen LogP contribution < -0.4 is 38.7 Å². The van der Waals surface area contributed by atoms with E-state index in [0.29, 0.717) is 19.2 Å². The predicted molar refractivity (Wildman–Crippen MR) is 243 cm³/mol. The number of carbonyl (C=O) groups excluding carboxylic acids is 6. The summed E-state index contributed by atoms with van der Waals surface area (Å²) in [6, 6.07) is 3.06. The molecule has 0 bridgehead atoms. The number of nitrogens with two attached hydrogens (primary N) is 2. The Morgan fingerprint density at radius 1 is 0.725 bits per heavy atom. The number of carboxylic acids is 1. The number of anilines is 2. The predicted octanol–water partition coefficient (Wildman–Crippen LogP) is -4.22. The maximum Gasteiger partial charge on any atom is 0.349 e. The number of H-pyrrole nitrogens is 1. The van der Waals surface area contributed by atoms with Gasteiger partial charge in [0.25, 0.3) is 5.56 Å². The molecule has 0 aliphatic carbocycles. The number of hydrogen-bond acceptors (Lipinski definition) is 16. The molecule has 1 aromatic carbocycles. The highest BCUT2D eigenvalue weighted by molar-refractivity contribution is 5.87. The molecular formula is C41H56F2N16O10. The van der Waals surface area contributed by atoms with Crippen molar-refractivity contribution in [2.45, 2.75) is 26.4 Å². The lowest BCUT2D eigenvalue weighted by Crippen LogP contribution is -2.49. The van der Waals surface area contributed by atoms with E-state index in [1.54, 1.807) is 11.9 Å². The van der Waals surface area contributed by atoms with E-state index in [9.17, 15) is 57.0 Å². The molecule has 374 valence electrons. The Morgan fingerprint density at radius 3 is 1.84 bits per heavy atom. The van der Waals surface area contributed by atoms with Crippen LogP contribution in [0.2, 0.25) is 0 Å². The first-order valence-electron chi connectivity index (χ1n) is 21.3. The van der Waals surface area contributed by atoms with Crippen LogP contribution in [-0.4, -0.2) is 200 Å². The molecule has 6 amide bonds. The van der Waals surface area contributed by atoms with Gasteiger partial charge >= 0.3 is 11.7 Å². The Bertz CT molecular complexity index is 2640. The number of amides is 6. The van der Waals surface area contributed by atoms with Crippen molar-refractivity contribution in [2.75, 3.05) is 111 Å². The second-order valence-corrected chi connectivity index (χ2v) is 16.1. The maximum atomic E-state index is 14.8. The fourth-order valence-electron chi connectivity index (χ4n) is 6.51. The largest absolute Gasteiger partial charge is 0.480 e. The monoisotopic (exact) mass is 970 g/mol. The van der Waals surface area contributed by atoms with E-state index in [1.165, 1.54) is 23.8 Å². The number of aliphatic carboxylic acids is 1. The van der Waals surface area contributed by atoms with Gasteiger partial charge in [-0.3, -0.25) is 52.8 Å². The standard InChI is InChI=1S/C41H56F2N16O10/c1-25-15-26(28(43)17-27(25)42)16-33(63)55(19-31(61)48-8-12-57(23-36(66)67)35(65)22-59-24-49-37-38(59)51-40(45)52-39(37)68)10-6-47-32(62)20-56(34(64)21-58-9-5-29(44)50-41(58)69)11-7-46-30(60)18-54(4)14-13-53(2)3/h5,9,15,17,24H,6-8,10-14,16,18-23H2,1-4H3,(H,46,60)(H,47,62)(H,48,61)(H,66,67)(H2,44,50,69)(H3,45,51,52,68). The van der Waals surface area contributed by atoms with E-state index < -0.39 is 97.5 Å². The van der Waals surface area contributed by atoms with Gasteiger partial charge in [-0.1, -0.05) is 0 Å². The van der Waals surface area contributed by atoms with E-state index in [1.807, 2.05) is 19.0 Å². The number of nitrogen functional groups attached to an aromatic ring is 2. The molecule has 0 atom stereocenters. The topological polar surface area (TPSA) is 343 Å². The molecule has 4 rings (SSSR count). The van der Waals surface area contributed by atoms with E-state index in [4.69, 9.17) is 11.5 Å². The van der Waals surface area contributed by atoms with Crippen LogP contribution >= 0.6 is 0 Å². The smallest absolute Gasteiger partial charge is 0.349 e. The molecule has 3 heterocycles. The minimum atomic E-state index is -1.38. The zero-order chi connectivity index (χ0) is 50.9. The van der Waals surface area contributed by atoms with Crippen LogP contribution in [-0.2, 0) is 53.1 Å². The fourth-order valence-corrected chi connectivity index (χ4v) is 6.51. The summed E-state index contributed by atoms with van der Waals surface area (Å²) in [7, 11) is 5.56. The number of carboxylic acid groups (broad SMARTS) is 1. The van der Waals surface area contributed by atoms with E-state index in [-0.39, 0.29) is 85.8 Å². The number of nitrogens with zero attached hydrogens (tertiary/aromatic N) is 10. The summed E-state index contributed by atoms with van der Waals surface area (Å²) in [6.45, 7) is -1.85. The van der Waals surface area contributed by atoms with Crippen LogP contribution in [0.1, 0.15) is 11.1 Å². The van der Waals surface area contributed by atoms with Gasteiger partial charge in [-0.2, -0.15) is 9.97 Å². The normalized spacial score (nSPS) is 11.1. The molecule has 0 saturated heterocycles. The second-order valence-electron chi connectivity index (χ2n) is 16.1. The number of nitrogens with one attached hydrogen (secondary N) is 4. The van der Waals surface area contributed by atoms with E-state index in [0.717, 1.165) is 31.7 Å². The van der Waals surface area contributed by atoms with Gasteiger partial charge < -0.3 is 56.7 Å².